The predicted molar refractivity (Wildman–Crippen MR) is 39.4 cm³/mol. The van der Waals surface area contributed by atoms with Crippen LogP contribution >= 0.6 is 0 Å². The SMILES string of the molecule is Cc1nnnn1CC(C)C(=O)O. The number of tetrazole rings is 1. The van der Waals surface area contributed by atoms with Gasteiger partial charge in [-0.25, -0.2) is 4.68 Å². The fourth-order valence-electron chi connectivity index (χ4n) is 0.755. The summed E-state index contributed by atoms with van der Waals surface area (Å²) in [6, 6.07) is 0. The molecule has 0 bridgehead atoms. The van der Waals surface area contributed by atoms with Gasteiger partial charge in [0, 0.05) is 0 Å². The molecule has 0 aliphatic rings. The third-order valence-corrected chi connectivity index (χ3v) is 1.58. The van der Waals surface area contributed by atoms with E-state index in [0.29, 0.717) is 12.4 Å². The van der Waals surface area contributed by atoms with Gasteiger partial charge in [-0.2, -0.15) is 0 Å². The zero-order chi connectivity index (χ0) is 9.14. The first-order valence-corrected chi connectivity index (χ1v) is 3.57. The van der Waals surface area contributed by atoms with Crippen LogP contribution in [0.3, 0.4) is 0 Å². The molecule has 0 saturated carbocycles. The molecule has 6 nitrogen and oxygen atoms in total. The van der Waals surface area contributed by atoms with Crippen molar-refractivity contribution >= 4 is 5.97 Å². The maximum Gasteiger partial charge on any atom is 0.308 e. The first-order valence-electron chi connectivity index (χ1n) is 3.57. The van der Waals surface area contributed by atoms with Gasteiger partial charge in [-0.05, 0) is 17.4 Å². The molecule has 1 atom stereocenters. The molecular weight excluding hydrogens is 160 g/mol. The molecule has 1 heterocycles. The molecule has 0 amide bonds. The molecule has 66 valence electrons. The molecule has 1 aromatic heterocycles. The van der Waals surface area contributed by atoms with Gasteiger partial charge in [0.2, 0.25) is 0 Å². The number of carboxylic acids is 1. The molecule has 0 saturated heterocycles. The number of rotatable bonds is 3. The highest BCUT2D eigenvalue weighted by Crippen LogP contribution is 1.99. The van der Waals surface area contributed by atoms with Crippen LogP contribution in [0.4, 0.5) is 0 Å². The monoisotopic (exact) mass is 170 g/mol. The molecule has 6 heteroatoms. The van der Waals surface area contributed by atoms with Crippen LogP contribution in [0.25, 0.3) is 0 Å². The van der Waals surface area contributed by atoms with Crippen molar-refractivity contribution in [1.82, 2.24) is 20.2 Å². The van der Waals surface area contributed by atoms with Crippen LogP contribution in [0.15, 0.2) is 0 Å². The van der Waals surface area contributed by atoms with Crippen molar-refractivity contribution in [3.05, 3.63) is 5.82 Å². The van der Waals surface area contributed by atoms with Gasteiger partial charge in [-0.3, -0.25) is 4.79 Å². The maximum atomic E-state index is 10.5. The first-order chi connectivity index (χ1) is 5.61. The predicted octanol–water partition coefficient (Wildman–Crippen LogP) is -0.298. The number of aryl methyl sites for hydroxylation is 1. The highest BCUT2D eigenvalue weighted by molar-refractivity contribution is 5.69. The molecule has 0 aromatic carbocycles. The molecule has 0 aliphatic heterocycles. The van der Waals surface area contributed by atoms with Gasteiger partial charge in [0.25, 0.3) is 0 Å². The van der Waals surface area contributed by atoms with E-state index in [2.05, 4.69) is 15.5 Å². The summed E-state index contributed by atoms with van der Waals surface area (Å²) >= 11 is 0. The number of hydrogen-bond acceptors (Lipinski definition) is 4. The van der Waals surface area contributed by atoms with Crippen LogP contribution in [-0.2, 0) is 11.3 Å². The van der Waals surface area contributed by atoms with Crippen molar-refractivity contribution in [2.75, 3.05) is 0 Å². The lowest BCUT2D eigenvalue weighted by atomic mass is 10.2. The second-order valence-corrected chi connectivity index (χ2v) is 2.65. The Morgan fingerprint density at radius 1 is 1.75 bits per heavy atom. The van der Waals surface area contributed by atoms with Gasteiger partial charge in [0.1, 0.15) is 5.82 Å². The molecule has 12 heavy (non-hydrogen) atoms. The van der Waals surface area contributed by atoms with Crippen LogP contribution in [0.5, 0.6) is 0 Å². The fraction of sp³-hybridized carbons (Fsp3) is 0.667. The standard InChI is InChI=1S/C6H10N4O2/c1-4(6(11)12)3-10-5(2)7-8-9-10/h4H,3H2,1-2H3,(H,11,12). The smallest absolute Gasteiger partial charge is 0.308 e. The Labute approximate surface area is 69.2 Å². The highest BCUT2D eigenvalue weighted by atomic mass is 16.4. The Kier molecular flexibility index (Phi) is 2.37. The van der Waals surface area contributed by atoms with E-state index >= 15 is 0 Å². The van der Waals surface area contributed by atoms with E-state index < -0.39 is 11.9 Å². The van der Waals surface area contributed by atoms with Gasteiger partial charge >= 0.3 is 5.97 Å². The summed E-state index contributed by atoms with van der Waals surface area (Å²) in [6.07, 6.45) is 0. The second-order valence-electron chi connectivity index (χ2n) is 2.65. The number of nitrogens with zero attached hydrogens (tertiary/aromatic N) is 4. The Morgan fingerprint density at radius 3 is 2.83 bits per heavy atom. The fourth-order valence-corrected chi connectivity index (χ4v) is 0.755. The Balaban J connectivity index is 2.64. The lowest BCUT2D eigenvalue weighted by molar-refractivity contribution is -0.141. The molecule has 0 fully saturated rings. The molecule has 1 unspecified atom stereocenters. The summed E-state index contributed by atoms with van der Waals surface area (Å²) in [4.78, 5) is 10.5. The van der Waals surface area contributed by atoms with E-state index in [9.17, 15) is 4.79 Å². The summed E-state index contributed by atoms with van der Waals surface area (Å²) in [5.74, 6) is -0.680. The average Bonchev–Trinajstić information content (AvgIpc) is 2.36. The summed E-state index contributed by atoms with van der Waals surface area (Å²) in [5, 5.41) is 19.3. The van der Waals surface area contributed by atoms with Crippen molar-refractivity contribution in [2.24, 2.45) is 5.92 Å². The number of hydrogen-bond donors (Lipinski definition) is 1. The van der Waals surface area contributed by atoms with Crippen LogP contribution in [0.2, 0.25) is 0 Å². The zero-order valence-corrected chi connectivity index (χ0v) is 6.93. The van der Waals surface area contributed by atoms with Crippen LogP contribution in [-0.4, -0.2) is 31.3 Å². The molecule has 1 N–H and O–H groups in total. The van der Waals surface area contributed by atoms with Crippen LogP contribution < -0.4 is 0 Å². The lowest BCUT2D eigenvalue weighted by Gasteiger charge is -2.04. The zero-order valence-electron chi connectivity index (χ0n) is 6.93. The lowest BCUT2D eigenvalue weighted by Crippen LogP contribution is -2.18. The van der Waals surface area contributed by atoms with E-state index in [4.69, 9.17) is 5.11 Å². The van der Waals surface area contributed by atoms with Gasteiger partial charge in [-0.1, -0.05) is 6.92 Å². The second kappa shape index (κ2) is 3.29. The Hall–Kier alpha value is -1.46. The average molecular weight is 170 g/mol. The summed E-state index contributed by atoms with van der Waals surface area (Å²) in [6.45, 7) is 3.66. The number of aliphatic carboxylic acids is 1. The van der Waals surface area contributed by atoms with Gasteiger partial charge in [0.05, 0.1) is 12.5 Å². The van der Waals surface area contributed by atoms with Crippen molar-refractivity contribution in [1.29, 1.82) is 0 Å². The van der Waals surface area contributed by atoms with E-state index in [0.717, 1.165) is 0 Å². The molecule has 0 spiro atoms. The first kappa shape index (κ1) is 8.63. The number of aromatic nitrogens is 4. The van der Waals surface area contributed by atoms with E-state index in [1.165, 1.54) is 4.68 Å². The molecular formula is C6H10N4O2. The van der Waals surface area contributed by atoms with Crippen molar-refractivity contribution in [3.63, 3.8) is 0 Å². The van der Waals surface area contributed by atoms with Gasteiger partial charge in [-0.15, -0.1) is 5.10 Å². The normalized spacial score (nSPS) is 12.8. The summed E-state index contributed by atoms with van der Waals surface area (Å²) < 4.78 is 1.47. The number of carbonyl (C=O) groups is 1. The molecule has 1 rings (SSSR count). The Bertz CT molecular complexity index is 283. The summed E-state index contributed by atoms with van der Waals surface area (Å²) in [5.41, 5.74) is 0. The maximum absolute atomic E-state index is 10.5. The third kappa shape index (κ3) is 1.77. The van der Waals surface area contributed by atoms with Crippen molar-refractivity contribution < 1.29 is 9.90 Å². The van der Waals surface area contributed by atoms with Gasteiger partial charge < -0.3 is 5.11 Å². The summed E-state index contributed by atoms with van der Waals surface area (Å²) in [7, 11) is 0. The number of carboxylic acid groups (broad SMARTS) is 1. The minimum atomic E-state index is -0.843. The largest absolute Gasteiger partial charge is 0.481 e. The van der Waals surface area contributed by atoms with E-state index in [1.54, 1.807) is 13.8 Å². The Morgan fingerprint density at radius 2 is 2.42 bits per heavy atom. The highest BCUT2D eigenvalue weighted by Gasteiger charge is 2.13. The minimum absolute atomic E-state index is 0.314. The van der Waals surface area contributed by atoms with Gasteiger partial charge in [0.15, 0.2) is 0 Å². The van der Waals surface area contributed by atoms with Crippen LogP contribution in [0, 0.1) is 12.8 Å². The van der Waals surface area contributed by atoms with E-state index in [1.807, 2.05) is 0 Å². The van der Waals surface area contributed by atoms with E-state index in [-0.39, 0.29) is 0 Å². The van der Waals surface area contributed by atoms with Crippen molar-refractivity contribution in [2.45, 2.75) is 20.4 Å². The van der Waals surface area contributed by atoms with Crippen molar-refractivity contribution in [3.8, 4) is 0 Å². The van der Waals surface area contributed by atoms with Crippen LogP contribution in [0.1, 0.15) is 12.7 Å². The molecule has 0 radical (unpaired) electrons. The quantitative estimate of drug-likeness (QED) is 0.673. The molecule has 1 aromatic rings. The minimum Gasteiger partial charge on any atom is -0.481 e. The topological polar surface area (TPSA) is 80.9 Å². The third-order valence-electron chi connectivity index (χ3n) is 1.58. The molecule has 0 aliphatic carbocycles.